The van der Waals surface area contributed by atoms with Gasteiger partial charge in [0.1, 0.15) is 25.5 Å². The number of rotatable bonds is 8. The van der Waals surface area contributed by atoms with Crippen molar-refractivity contribution in [3.63, 3.8) is 0 Å². The number of hydrogen-bond acceptors (Lipinski definition) is 4. The molecule has 8 heteroatoms. The van der Waals surface area contributed by atoms with Crippen LogP contribution in [0.15, 0.2) is 12.4 Å². The van der Waals surface area contributed by atoms with Crippen molar-refractivity contribution in [1.29, 1.82) is 0 Å². The summed E-state index contributed by atoms with van der Waals surface area (Å²) < 4.78 is 1.63. The van der Waals surface area contributed by atoms with E-state index in [0.29, 0.717) is 5.82 Å². The lowest BCUT2D eigenvalue weighted by Crippen LogP contribution is -2.41. The maximum atomic E-state index is 12.2. The number of carbonyl (C=O) groups excluding carboxylic acids is 1. The van der Waals surface area contributed by atoms with Gasteiger partial charge in [-0.3, -0.25) is 14.4 Å². The lowest BCUT2D eigenvalue weighted by Gasteiger charge is -2.24. The minimum absolute atomic E-state index is 0.140. The zero-order valence-electron chi connectivity index (χ0n) is 12.9. The molecule has 1 aromatic heterocycles. The molecule has 0 spiro atoms. The third kappa shape index (κ3) is 4.57. The lowest BCUT2D eigenvalue weighted by atomic mass is 9.89. The average Bonchev–Trinajstić information content (AvgIpc) is 2.85. The van der Waals surface area contributed by atoms with Gasteiger partial charge in [0.25, 0.3) is 0 Å². The molecule has 0 bridgehead atoms. The van der Waals surface area contributed by atoms with Crippen molar-refractivity contribution < 1.29 is 24.6 Å². The van der Waals surface area contributed by atoms with Crippen molar-refractivity contribution in [2.45, 2.75) is 39.2 Å². The van der Waals surface area contributed by atoms with E-state index in [1.165, 1.54) is 0 Å². The standard InChI is InChI=1S/C14H21N3O5/c1-4-14(2,3)13-15-5-6-16(13)7-10(18)17(8-11(19)20)9-12(21)22/h5-6H,4,7-9H2,1-3H3,(H,19,20)(H,21,22). The van der Waals surface area contributed by atoms with Crippen molar-refractivity contribution in [3.05, 3.63) is 18.2 Å². The van der Waals surface area contributed by atoms with E-state index in [0.717, 1.165) is 11.3 Å². The maximum absolute atomic E-state index is 12.2. The van der Waals surface area contributed by atoms with Crippen LogP contribution in [0, 0.1) is 0 Å². The van der Waals surface area contributed by atoms with E-state index < -0.39 is 30.9 Å². The highest BCUT2D eigenvalue weighted by Crippen LogP contribution is 2.25. The van der Waals surface area contributed by atoms with Crippen LogP contribution in [0.25, 0.3) is 0 Å². The molecule has 0 aliphatic carbocycles. The van der Waals surface area contributed by atoms with Gasteiger partial charge in [0.05, 0.1) is 0 Å². The fraction of sp³-hybridized carbons (Fsp3) is 0.571. The third-order valence-corrected chi connectivity index (χ3v) is 3.52. The first-order valence-corrected chi connectivity index (χ1v) is 6.90. The first-order chi connectivity index (χ1) is 10.2. The van der Waals surface area contributed by atoms with Gasteiger partial charge in [-0.15, -0.1) is 0 Å². The fourth-order valence-electron chi connectivity index (χ4n) is 1.98. The molecule has 0 saturated carbocycles. The third-order valence-electron chi connectivity index (χ3n) is 3.52. The van der Waals surface area contributed by atoms with Gasteiger partial charge in [0.15, 0.2) is 0 Å². The average molecular weight is 311 g/mol. The van der Waals surface area contributed by atoms with Crippen LogP contribution < -0.4 is 0 Å². The van der Waals surface area contributed by atoms with Crippen molar-refractivity contribution in [1.82, 2.24) is 14.5 Å². The van der Waals surface area contributed by atoms with Crippen molar-refractivity contribution in [3.8, 4) is 0 Å². The van der Waals surface area contributed by atoms with Crippen LogP contribution in [0.2, 0.25) is 0 Å². The largest absolute Gasteiger partial charge is 0.480 e. The van der Waals surface area contributed by atoms with E-state index in [1.54, 1.807) is 17.0 Å². The molecule has 0 aliphatic rings. The quantitative estimate of drug-likeness (QED) is 0.725. The zero-order valence-corrected chi connectivity index (χ0v) is 12.9. The Hall–Kier alpha value is -2.38. The summed E-state index contributed by atoms with van der Waals surface area (Å²) in [6, 6.07) is 0. The van der Waals surface area contributed by atoms with Crippen LogP contribution in [0.1, 0.15) is 33.0 Å². The molecule has 0 unspecified atom stereocenters. The monoisotopic (exact) mass is 311 g/mol. The molecule has 0 aromatic carbocycles. The molecule has 1 aromatic rings. The number of aromatic nitrogens is 2. The molecule has 1 amide bonds. The normalized spacial score (nSPS) is 11.2. The van der Waals surface area contributed by atoms with E-state index in [1.807, 2.05) is 20.8 Å². The van der Waals surface area contributed by atoms with E-state index in [9.17, 15) is 14.4 Å². The Labute approximate surface area is 128 Å². The smallest absolute Gasteiger partial charge is 0.323 e. The van der Waals surface area contributed by atoms with Gasteiger partial charge in [-0.25, -0.2) is 4.98 Å². The van der Waals surface area contributed by atoms with E-state index in [2.05, 4.69) is 4.98 Å². The fourth-order valence-corrected chi connectivity index (χ4v) is 1.98. The van der Waals surface area contributed by atoms with Gasteiger partial charge in [0.2, 0.25) is 5.91 Å². The summed E-state index contributed by atoms with van der Waals surface area (Å²) >= 11 is 0. The molecule has 0 saturated heterocycles. The molecule has 1 rings (SSSR count). The van der Waals surface area contributed by atoms with E-state index in [-0.39, 0.29) is 12.0 Å². The SMILES string of the molecule is CCC(C)(C)c1nccn1CC(=O)N(CC(=O)O)CC(=O)O. The van der Waals surface area contributed by atoms with E-state index >= 15 is 0 Å². The highest BCUT2D eigenvalue weighted by molar-refractivity contribution is 5.85. The minimum Gasteiger partial charge on any atom is -0.480 e. The predicted molar refractivity (Wildman–Crippen MR) is 77.4 cm³/mol. The molecule has 122 valence electrons. The number of carbonyl (C=O) groups is 3. The molecule has 0 aliphatic heterocycles. The van der Waals surface area contributed by atoms with Gasteiger partial charge >= 0.3 is 11.9 Å². The van der Waals surface area contributed by atoms with Crippen LogP contribution >= 0.6 is 0 Å². The molecule has 0 atom stereocenters. The summed E-state index contributed by atoms with van der Waals surface area (Å²) in [4.78, 5) is 38.8. The summed E-state index contributed by atoms with van der Waals surface area (Å²) in [6.45, 7) is 4.55. The number of amides is 1. The zero-order chi connectivity index (χ0) is 16.9. The summed E-state index contributed by atoms with van der Waals surface area (Å²) in [5.41, 5.74) is -0.242. The molecular weight excluding hydrogens is 290 g/mol. The Morgan fingerprint density at radius 1 is 1.23 bits per heavy atom. The number of hydrogen-bond donors (Lipinski definition) is 2. The number of carboxylic acids is 2. The van der Waals surface area contributed by atoms with Crippen molar-refractivity contribution in [2.24, 2.45) is 0 Å². The Kier molecular flexibility index (Phi) is 5.67. The van der Waals surface area contributed by atoms with Gasteiger partial charge in [-0.2, -0.15) is 0 Å². The number of nitrogens with zero attached hydrogens (tertiary/aromatic N) is 3. The number of carboxylic acid groups (broad SMARTS) is 2. The highest BCUT2D eigenvalue weighted by atomic mass is 16.4. The molecule has 1 heterocycles. The van der Waals surface area contributed by atoms with Gasteiger partial charge in [0, 0.05) is 17.8 Å². The highest BCUT2D eigenvalue weighted by Gasteiger charge is 2.26. The summed E-state index contributed by atoms with van der Waals surface area (Å²) in [6.07, 6.45) is 4.01. The molecule has 22 heavy (non-hydrogen) atoms. The molecule has 8 nitrogen and oxygen atoms in total. The Balaban J connectivity index is 2.93. The Bertz CT molecular complexity index is 549. The van der Waals surface area contributed by atoms with Crippen molar-refractivity contribution >= 4 is 17.8 Å². The Morgan fingerprint density at radius 2 is 1.77 bits per heavy atom. The van der Waals surface area contributed by atoms with Crippen LogP contribution in [-0.2, 0) is 26.3 Å². The second-order valence-corrected chi connectivity index (χ2v) is 5.65. The molecule has 0 radical (unpaired) electrons. The summed E-state index contributed by atoms with van der Waals surface area (Å²) in [5, 5.41) is 17.6. The van der Waals surface area contributed by atoms with Gasteiger partial charge in [-0.05, 0) is 6.42 Å². The number of aliphatic carboxylic acids is 2. The van der Waals surface area contributed by atoms with Gasteiger partial charge < -0.3 is 19.7 Å². The molecule has 0 fully saturated rings. The second-order valence-electron chi connectivity index (χ2n) is 5.65. The number of imidazole rings is 1. The minimum atomic E-state index is -1.26. The summed E-state index contributed by atoms with van der Waals surface area (Å²) in [5.74, 6) is -2.38. The van der Waals surface area contributed by atoms with Crippen molar-refractivity contribution in [2.75, 3.05) is 13.1 Å². The van der Waals surface area contributed by atoms with Crippen LogP contribution in [-0.4, -0.2) is 55.6 Å². The first-order valence-electron chi connectivity index (χ1n) is 6.90. The second kappa shape index (κ2) is 7.06. The van der Waals surface area contributed by atoms with Crippen LogP contribution in [0.4, 0.5) is 0 Å². The first kappa shape index (κ1) is 17.7. The molecular formula is C14H21N3O5. The van der Waals surface area contributed by atoms with Crippen LogP contribution in [0.3, 0.4) is 0 Å². The lowest BCUT2D eigenvalue weighted by molar-refractivity contribution is -0.149. The topological polar surface area (TPSA) is 113 Å². The Morgan fingerprint density at radius 3 is 2.23 bits per heavy atom. The van der Waals surface area contributed by atoms with E-state index in [4.69, 9.17) is 10.2 Å². The summed E-state index contributed by atoms with van der Waals surface area (Å²) in [7, 11) is 0. The predicted octanol–water partition coefficient (Wildman–Crippen LogP) is 0.569. The molecule has 2 N–H and O–H groups in total. The van der Waals surface area contributed by atoms with Crippen LogP contribution in [0.5, 0.6) is 0 Å². The maximum Gasteiger partial charge on any atom is 0.323 e. The van der Waals surface area contributed by atoms with Gasteiger partial charge in [-0.1, -0.05) is 20.8 Å².